The first-order valence-electron chi connectivity index (χ1n) is 11.4. The van der Waals surface area contributed by atoms with Crippen LogP contribution in [0, 0.1) is 5.92 Å². The van der Waals surface area contributed by atoms with Gasteiger partial charge in [0, 0.05) is 32.4 Å². The summed E-state index contributed by atoms with van der Waals surface area (Å²) in [5.74, 6) is -1.19. The minimum absolute atomic E-state index is 0.0252. The third kappa shape index (κ3) is 4.78. The van der Waals surface area contributed by atoms with Gasteiger partial charge in [0.05, 0.1) is 11.1 Å². The zero-order chi connectivity index (χ0) is 24.2. The van der Waals surface area contributed by atoms with E-state index in [0.717, 1.165) is 10.7 Å². The molecule has 9 heteroatoms. The summed E-state index contributed by atoms with van der Waals surface area (Å²) < 4.78 is 5.34. The molecule has 2 aliphatic heterocycles. The molecule has 0 aliphatic carbocycles. The van der Waals surface area contributed by atoms with Gasteiger partial charge in [-0.2, -0.15) is 0 Å². The summed E-state index contributed by atoms with van der Waals surface area (Å²) in [5.41, 5.74) is 0.548. The minimum Gasteiger partial charge on any atom is -0.454 e. The molecule has 0 N–H and O–H groups in total. The second-order valence-corrected chi connectivity index (χ2v) is 8.83. The Morgan fingerprint density at radius 3 is 2.12 bits per heavy atom. The van der Waals surface area contributed by atoms with Crippen molar-refractivity contribution in [2.75, 3.05) is 37.7 Å². The van der Waals surface area contributed by atoms with Crippen molar-refractivity contribution in [2.45, 2.75) is 26.3 Å². The summed E-state index contributed by atoms with van der Waals surface area (Å²) in [6, 6.07) is 11.1. The molecule has 34 heavy (non-hydrogen) atoms. The van der Waals surface area contributed by atoms with Crippen molar-refractivity contribution in [2.24, 2.45) is 5.92 Å². The quantitative estimate of drug-likeness (QED) is 0.456. The van der Waals surface area contributed by atoms with Crippen LogP contribution in [0.25, 0.3) is 0 Å². The van der Waals surface area contributed by atoms with E-state index in [-0.39, 0.29) is 29.4 Å². The molecule has 2 aromatic rings. The molecule has 1 saturated heterocycles. The first-order chi connectivity index (χ1) is 16.4. The van der Waals surface area contributed by atoms with E-state index in [9.17, 15) is 19.2 Å². The molecule has 0 spiro atoms. The van der Waals surface area contributed by atoms with Gasteiger partial charge >= 0.3 is 5.97 Å². The number of ether oxygens (including phenoxy) is 1. The molecule has 1 atom stereocenters. The number of nitrogens with zero attached hydrogens (tertiary/aromatic N) is 4. The summed E-state index contributed by atoms with van der Waals surface area (Å²) in [4.78, 5) is 60.5. The number of hydrogen-bond acceptors (Lipinski definition) is 7. The number of piperazine rings is 1. The summed E-state index contributed by atoms with van der Waals surface area (Å²) in [7, 11) is 0. The van der Waals surface area contributed by atoms with Crippen molar-refractivity contribution in [3.8, 4) is 0 Å². The third-order valence-corrected chi connectivity index (χ3v) is 6.05. The van der Waals surface area contributed by atoms with Gasteiger partial charge in [0.25, 0.3) is 17.7 Å². The Hall–Kier alpha value is -3.75. The SMILES string of the molecule is CC(C)CC(C(=O)OCC(=O)N1CCN(c2ccccn2)CC1)N1C(=O)c2ccccc2C1=O. The second kappa shape index (κ2) is 10.0. The van der Waals surface area contributed by atoms with Gasteiger partial charge in [0.2, 0.25) is 0 Å². The van der Waals surface area contributed by atoms with Crippen LogP contribution in [-0.4, -0.2) is 77.3 Å². The number of rotatable bonds is 7. The lowest BCUT2D eigenvalue weighted by Gasteiger charge is -2.35. The van der Waals surface area contributed by atoms with E-state index in [1.54, 1.807) is 35.4 Å². The highest BCUT2D eigenvalue weighted by Gasteiger charge is 2.43. The monoisotopic (exact) mass is 464 g/mol. The fraction of sp³-hybridized carbons (Fsp3) is 0.400. The standard InChI is InChI=1S/C25H28N4O5/c1-17(2)15-20(29-23(31)18-7-3-4-8-19(18)24(29)32)25(33)34-16-22(30)28-13-11-27(12-14-28)21-9-5-6-10-26-21/h3-10,17,20H,11-16H2,1-2H3. The van der Waals surface area contributed by atoms with Crippen LogP contribution in [0.15, 0.2) is 48.7 Å². The third-order valence-electron chi connectivity index (χ3n) is 6.05. The van der Waals surface area contributed by atoms with E-state index in [2.05, 4.69) is 9.88 Å². The second-order valence-electron chi connectivity index (χ2n) is 8.83. The number of anilines is 1. The van der Waals surface area contributed by atoms with Crippen molar-refractivity contribution >= 4 is 29.5 Å². The van der Waals surface area contributed by atoms with Gasteiger partial charge in [-0.3, -0.25) is 19.3 Å². The number of imide groups is 1. The molecule has 1 unspecified atom stereocenters. The van der Waals surface area contributed by atoms with Gasteiger partial charge in [-0.15, -0.1) is 0 Å². The highest BCUT2D eigenvalue weighted by Crippen LogP contribution is 2.27. The van der Waals surface area contributed by atoms with Crippen LogP contribution in [0.3, 0.4) is 0 Å². The molecule has 0 radical (unpaired) electrons. The first-order valence-corrected chi connectivity index (χ1v) is 11.4. The maximum absolute atomic E-state index is 13.0. The molecule has 0 bridgehead atoms. The van der Waals surface area contributed by atoms with Crippen LogP contribution in [0.4, 0.5) is 5.82 Å². The van der Waals surface area contributed by atoms with Gasteiger partial charge in [-0.05, 0) is 36.6 Å². The Bertz CT molecular complexity index is 1040. The zero-order valence-corrected chi connectivity index (χ0v) is 19.3. The first kappa shape index (κ1) is 23.4. The molecule has 1 fully saturated rings. The Morgan fingerprint density at radius 2 is 1.56 bits per heavy atom. The molecular weight excluding hydrogens is 436 g/mol. The van der Waals surface area contributed by atoms with Gasteiger partial charge in [0.1, 0.15) is 11.9 Å². The summed E-state index contributed by atoms with van der Waals surface area (Å²) in [6.45, 7) is 5.58. The van der Waals surface area contributed by atoms with Crippen LogP contribution in [0.1, 0.15) is 41.0 Å². The van der Waals surface area contributed by atoms with Crippen LogP contribution in [0.5, 0.6) is 0 Å². The minimum atomic E-state index is -1.08. The molecule has 3 heterocycles. The fourth-order valence-electron chi connectivity index (χ4n) is 4.29. The van der Waals surface area contributed by atoms with Crippen molar-refractivity contribution in [3.05, 3.63) is 59.8 Å². The van der Waals surface area contributed by atoms with Crippen LogP contribution >= 0.6 is 0 Å². The lowest BCUT2D eigenvalue weighted by Crippen LogP contribution is -2.51. The van der Waals surface area contributed by atoms with Crippen molar-refractivity contribution in [1.82, 2.24) is 14.8 Å². The number of benzene rings is 1. The molecule has 0 saturated carbocycles. The predicted octanol–water partition coefficient (Wildman–Crippen LogP) is 1.98. The lowest BCUT2D eigenvalue weighted by atomic mass is 10.0. The smallest absolute Gasteiger partial charge is 0.329 e. The molecule has 1 aromatic heterocycles. The number of pyridine rings is 1. The number of carbonyl (C=O) groups is 4. The van der Waals surface area contributed by atoms with Crippen LogP contribution in [-0.2, 0) is 14.3 Å². The summed E-state index contributed by atoms with van der Waals surface area (Å²) in [5, 5.41) is 0. The number of aromatic nitrogens is 1. The van der Waals surface area contributed by atoms with E-state index in [1.807, 2.05) is 32.0 Å². The molecule has 3 amide bonds. The Labute approximate surface area is 198 Å². The molecule has 1 aromatic carbocycles. The number of fused-ring (bicyclic) bond motifs is 1. The summed E-state index contributed by atoms with van der Waals surface area (Å²) in [6.07, 6.45) is 1.98. The number of carbonyl (C=O) groups excluding carboxylic acids is 4. The molecule has 2 aliphatic rings. The normalized spacial score (nSPS) is 16.6. The average Bonchev–Trinajstić information content (AvgIpc) is 3.11. The van der Waals surface area contributed by atoms with Gasteiger partial charge in [-0.1, -0.05) is 32.0 Å². The van der Waals surface area contributed by atoms with Gasteiger partial charge in [-0.25, -0.2) is 9.78 Å². The maximum atomic E-state index is 13.0. The highest BCUT2D eigenvalue weighted by molar-refractivity contribution is 6.22. The average molecular weight is 465 g/mol. The Kier molecular flexibility index (Phi) is 6.90. The van der Waals surface area contributed by atoms with E-state index in [0.29, 0.717) is 26.2 Å². The Morgan fingerprint density at radius 1 is 0.941 bits per heavy atom. The molecule has 178 valence electrons. The Balaban J connectivity index is 1.36. The summed E-state index contributed by atoms with van der Waals surface area (Å²) >= 11 is 0. The van der Waals surface area contributed by atoms with Crippen molar-refractivity contribution < 1.29 is 23.9 Å². The van der Waals surface area contributed by atoms with Crippen molar-refractivity contribution in [1.29, 1.82) is 0 Å². The molecule has 9 nitrogen and oxygen atoms in total. The molecular formula is C25H28N4O5. The van der Waals surface area contributed by atoms with Gasteiger partial charge < -0.3 is 14.5 Å². The van der Waals surface area contributed by atoms with E-state index >= 15 is 0 Å². The largest absolute Gasteiger partial charge is 0.454 e. The zero-order valence-electron chi connectivity index (χ0n) is 19.3. The number of esters is 1. The number of hydrogen-bond donors (Lipinski definition) is 0. The topological polar surface area (TPSA) is 100 Å². The van der Waals surface area contributed by atoms with E-state index in [1.165, 1.54) is 0 Å². The fourth-order valence-corrected chi connectivity index (χ4v) is 4.29. The van der Waals surface area contributed by atoms with Crippen LogP contribution < -0.4 is 4.90 Å². The maximum Gasteiger partial charge on any atom is 0.329 e. The van der Waals surface area contributed by atoms with Crippen LogP contribution in [0.2, 0.25) is 0 Å². The van der Waals surface area contributed by atoms with Crippen molar-refractivity contribution in [3.63, 3.8) is 0 Å². The van der Waals surface area contributed by atoms with Gasteiger partial charge in [0.15, 0.2) is 6.61 Å². The van der Waals surface area contributed by atoms with E-state index < -0.39 is 30.4 Å². The predicted molar refractivity (Wildman–Crippen MR) is 124 cm³/mol. The highest BCUT2D eigenvalue weighted by atomic mass is 16.5. The number of amides is 3. The lowest BCUT2D eigenvalue weighted by molar-refractivity contribution is -0.155. The van der Waals surface area contributed by atoms with E-state index in [4.69, 9.17) is 4.74 Å². The molecule has 4 rings (SSSR count).